The summed E-state index contributed by atoms with van der Waals surface area (Å²) in [5.41, 5.74) is 7.50. The first-order valence-electron chi connectivity index (χ1n) is 5.05. The second-order valence-electron chi connectivity index (χ2n) is 3.64. The van der Waals surface area contributed by atoms with Gasteiger partial charge in [0, 0.05) is 24.5 Å². The van der Waals surface area contributed by atoms with Gasteiger partial charge in [-0.2, -0.15) is 0 Å². The molecule has 3 nitrogen and oxygen atoms in total. The fourth-order valence-corrected chi connectivity index (χ4v) is 1.64. The summed E-state index contributed by atoms with van der Waals surface area (Å²) in [6.07, 6.45) is 2.74. The highest BCUT2D eigenvalue weighted by molar-refractivity contribution is 5.51. The standard InChI is InChI=1S/C11H16N2O/c12-9-3-5-10(6-4-9)13-8-11-2-1-7-14-11/h3-6,11,13H,1-2,7-8,12H2/t11-/m0/s1. The third kappa shape index (κ3) is 2.39. The van der Waals surface area contributed by atoms with Gasteiger partial charge in [0.1, 0.15) is 0 Å². The molecule has 0 unspecified atom stereocenters. The third-order valence-electron chi connectivity index (χ3n) is 2.47. The highest BCUT2D eigenvalue weighted by atomic mass is 16.5. The Balaban J connectivity index is 1.82. The van der Waals surface area contributed by atoms with Crippen molar-refractivity contribution in [2.24, 2.45) is 0 Å². The molecular formula is C11H16N2O. The zero-order valence-electron chi connectivity index (χ0n) is 8.20. The van der Waals surface area contributed by atoms with E-state index in [0.717, 1.165) is 24.5 Å². The van der Waals surface area contributed by atoms with Crippen LogP contribution in [0.25, 0.3) is 0 Å². The molecule has 1 aromatic carbocycles. The van der Waals surface area contributed by atoms with Gasteiger partial charge in [-0.15, -0.1) is 0 Å². The predicted molar refractivity (Wildman–Crippen MR) is 58.3 cm³/mol. The van der Waals surface area contributed by atoms with Gasteiger partial charge in [0.2, 0.25) is 0 Å². The summed E-state index contributed by atoms with van der Waals surface area (Å²) in [5.74, 6) is 0. The minimum absolute atomic E-state index is 0.382. The number of hydrogen-bond acceptors (Lipinski definition) is 3. The maximum absolute atomic E-state index is 5.59. The fourth-order valence-electron chi connectivity index (χ4n) is 1.64. The lowest BCUT2D eigenvalue weighted by atomic mass is 10.2. The molecule has 0 amide bonds. The van der Waals surface area contributed by atoms with E-state index in [0.29, 0.717) is 6.10 Å². The molecule has 3 N–H and O–H groups in total. The number of rotatable bonds is 3. The van der Waals surface area contributed by atoms with Gasteiger partial charge in [-0.3, -0.25) is 0 Å². The van der Waals surface area contributed by atoms with Crippen LogP contribution in [0.4, 0.5) is 11.4 Å². The number of anilines is 2. The molecule has 1 aliphatic rings. The smallest absolute Gasteiger partial charge is 0.0748 e. The van der Waals surface area contributed by atoms with Crippen molar-refractivity contribution in [3.8, 4) is 0 Å². The largest absolute Gasteiger partial charge is 0.399 e. The van der Waals surface area contributed by atoms with E-state index in [2.05, 4.69) is 5.32 Å². The van der Waals surface area contributed by atoms with Crippen molar-refractivity contribution in [1.29, 1.82) is 0 Å². The summed E-state index contributed by atoms with van der Waals surface area (Å²) in [6.45, 7) is 1.80. The van der Waals surface area contributed by atoms with Gasteiger partial charge in [-0.1, -0.05) is 0 Å². The summed E-state index contributed by atoms with van der Waals surface area (Å²) in [5, 5.41) is 3.33. The van der Waals surface area contributed by atoms with Crippen LogP contribution >= 0.6 is 0 Å². The number of nitrogens with one attached hydrogen (secondary N) is 1. The van der Waals surface area contributed by atoms with Gasteiger partial charge in [0.25, 0.3) is 0 Å². The van der Waals surface area contributed by atoms with Crippen LogP contribution in [-0.4, -0.2) is 19.3 Å². The SMILES string of the molecule is Nc1ccc(NC[C@@H]2CCCO2)cc1. The quantitative estimate of drug-likeness (QED) is 0.719. The van der Waals surface area contributed by atoms with Crippen LogP contribution in [0.2, 0.25) is 0 Å². The van der Waals surface area contributed by atoms with E-state index < -0.39 is 0 Å². The third-order valence-corrected chi connectivity index (χ3v) is 2.47. The zero-order chi connectivity index (χ0) is 9.80. The molecule has 1 saturated heterocycles. The Bertz CT molecular complexity index is 278. The summed E-state index contributed by atoms with van der Waals surface area (Å²) in [4.78, 5) is 0. The van der Waals surface area contributed by atoms with Crippen molar-refractivity contribution in [3.63, 3.8) is 0 Å². The fraction of sp³-hybridized carbons (Fsp3) is 0.455. The van der Waals surface area contributed by atoms with E-state index in [1.54, 1.807) is 0 Å². The van der Waals surface area contributed by atoms with Crippen LogP contribution in [-0.2, 0) is 4.74 Å². The molecule has 1 aliphatic heterocycles. The highest BCUT2D eigenvalue weighted by Crippen LogP contribution is 2.14. The van der Waals surface area contributed by atoms with Crippen molar-refractivity contribution in [3.05, 3.63) is 24.3 Å². The van der Waals surface area contributed by atoms with E-state index in [4.69, 9.17) is 10.5 Å². The summed E-state index contributed by atoms with van der Waals surface area (Å²) in [7, 11) is 0. The Morgan fingerprint density at radius 3 is 2.79 bits per heavy atom. The lowest BCUT2D eigenvalue weighted by Crippen LogP contribution is -2.18. The molecule has 1 aromatic rings. The molecule has 1 heterocycles. The number of ether oxygens (including phenoxy) is 1. The zero-order valence-corrected chi connectivity index (χ0v) is 8.20. The van der Waals surface area contributed by atoms with Crippen molar-refractivity contribution < 1.29 is 4.74 Å². The number of benzene rings is 1. The van der Waals surface area contributed by atoms with Crippen LogP contribution in [0.5, 0.6) is 0 Å². The van der Waals surface area contributed by atoms with Gasteiger partial charge in [-0.25, -0.2) is 0 Å². The Kier molecular flexibility index (Phi) is 2.89. The molecule has 76 valence electrons. The maximum atomic E-state index is 5.59. The molecule has 0 radical (unpaired) electrons. The van der Waals surface area contributed by atoms with E-state index in [1.165, 1.54) is 12.8 Å². The predicted octanol–water partition coefficient (Wildman–Crippen LogP) is 1.86. The molecule has 14 heavy (non-hydrogen) atoms. The first kappa shape index (κ1) is 9.34. The van der Waals surface area contributed by atoms with Gasteiger partial charge < -0.3 is 15.8 Å². The van der Waals surface area contributed by atoms with Gasteiger partial charge in [0.05, 0.1) is 6.10 Å². The molecule has 0 saturated carbocycles. The molecular weight excluding hydrogens is 176 g/mol. The molecule has 3 heteroatoms. The number of hydrogen-bond donors (Lipinski definition) is 2. The molecule has 0 spiro atoms. The van der Waals surface area contributed by atoms with Crippen LogP contribution in [0, 0.1) is 0 Å². The Morgan fingerprint density at radius 1 is 1.36 bits per heavy atom. The van der Waals surface area contributed by atoms with Crippen molar-refractivity contribution in [2.45, 2.75) is 18.9 Å². The summed E-state index contributed by atoms with van der Waals surface area (Å²) < 4.78 is 5.51. The number of nitrogens with two attached hydrogens (primary N) is 1. The first-order chi connectivity index (χ1) is 6.84. The van der Waals surface area contributed by atoms with E-state index in [9.17, 15) is 0 Å². The highest BCUT2D eigenvalue weighted by Gasteiger charge is 2.14. The lowest BCUT2D eigenvalue weighted by molar-refractivity contribution is 0.120. The van der Waals surface area contributed by atoms with E-state index in [1.807, 2.05) is 24.3 Å². The topological polar surface area (TPSA) is 47.3 Å². The van der Waals surface area contributed by atoms with Crippen molar-refractivity contribution in [1.82, 2.24) is 0 Å². The van der Waals surface area contributed by atoms with Crippen LogP contribution in [0.1, 0.15) is 12.8 Å². The van der Waals surface area contributed by atoms with E-state index >= 15 is 0 Å². The van der Waals surface area contributed by atoms with Gasteiger partial charge >= 0.3 is 0 Å². The van der Waals surface area contributed by atoms with Crippen molar-refractivity contribution in [2.75, 3.05) is 24.2 Å². The average molecular weight is 192 g/mol. The molecule has 0 bridgehead atoms. The minimum atomic E-state index is 0.382. The Labute approximate surface area is 84.3 Å². The Hall–Kier alpha value is -1.22. The van der Waals surface area contributed by atoms with Crippen LogP contribution < -0.4 is 11.1 Å². The molecule has 0 aromatic heterocycles. The maximum Gasteiger partial charge on any atom is 0.0748 e. The lowest BCUT2D eigenvalue weighted by Gasteiger charge is -2.11. The van der Waals surface area contributed by atoms with Crippen LogP contribution in [0.15, 0.2) is 24.3 Å². The number of nitrogen functional groups attached to an aromatic ring is 1. The molecule has 0 aliphatic carbocycles. The average Bonchev–Trinajstić information content (AvgIpc) is 2.70. The normalized spacial score (nSPS) is 21.0. The summed E-state index contributed by atoms with van der Waals surface area (Å²) in [6, 6.07) is 7.78. The molecule has 1 fully saturated rings. The van der Waals surface area contributed by atoms with Gasteiger partial charge in [0.15, 0.2) is 0 Å². The van der Waals surface area contributed by atoms with Crippen LogP contribution in [0.3, 0.4) is 0 Å². The molecule has 2 rings (SSSR count). The minimum Gasteiger partial charge on any atom is -0.399 e. The summed E-state index contributed by atoms with van der Waals surface area (Å²) >= 11 is 0. The Morgan fingerprint density at radius 2 is 2.14 bits per heavy atom. The second kappa shape index (κ2) is 4.33. The second-order valence-corrected chi connectivity index (χ2v) is 3.64. The van der Waals surface area contributed by atoms with E-state index in [-0.39, 0.29) is 0 Å². The molecule has 1 atom stereocenters. The van der Waals surface area contributed by atoms with Crippen molar-refractivity contribution >= 4 is 11.4 Å². The first-order valence-corrected chi connectivity index (χ1v) is 5.05. The van der Waals surface area contributed by atoms with Gasteiger partial charge in [-0.05, 0) is 37.1 Å². The monoisotopic (exact) mass is 192 g/mol.